The van der Waals surface area contributed by atoms with Crippen LogP contribution in [-0.2, 0) is 14.4 Å². The first-order valence-corrected chi connectivity index (χ1v) is 7.62. The van der Waals surface area contributed by atoms with E-state index in [4.69, 9.17) is 11.5 Å². The normalized spacial score (nSPS) is 19.4. The molecule has 0 aliphatic heterocycles. The lowest BCUT2D eigenvalue weighted by atomic mass is 9.95. The largest absolute Gasteiger partial charge is 0.365 e. The summed E-state index contributed by atoms with van der Waals surface area (Å²) >= 11 is 10.5. The summed E-state index contributed by atoms with van der Waals surface area (Å²) in [6, 6.07) is 0. The number of primary amides is 1. The van der Waals surface area contributed by atoms with Crippen molar-refractivity contribution in [3.63, 3.8) is 0 Å². The molecule has 6 nitrogen and oxygen atoms in total. The van der Waals surface area contributed by atoms with Crippen LogP contribution in [0.5, 0.6) is 0 Å². The summed E-state index contributed by atoms with van der Waals surface area (Å²) in [5.74, 6) is -13.4. The summed E-state index contributed by atoms with van der Waals surface area (Å²) in [7, 11) is 0. The van der Waals surface area contributed by atoms with Crippen LogP contribution >= 0.6 is 37.9 Å². The number of alkyl halides is 3. The number of carbonyl (C=O) groups is 3. The van der Waals surface area contributed by atoms with Crippen molar-refractivity contribution in [1.29, 1.82) is 0 Å². The number of nitrogens with two attached hydrogens (primary N) is 2. The van der Waals surface area contributed by atoms with Crippen LogP contribution in [0.4, 0.5) is 13.2 Å². The van der Waals surface area contributed by atoms with Gasteiger partial charge in [0.2, 0.25) is 11.5 Å². The van der Waals surface area contributed by atoms with Crippen LogP contribution in [0.3, 0.4) is 0 Å². The Morgan fingerprint density at radius 3 is 1.82 bits per heavy atom. The Kier molecular flexibility index (Phi) is 7.58. The molecule has 0 unspecified atom stereocenters. The predicted octanol–water partition coefficient (Wildman–Crippen LogP) is -0.665. The number of thiol groups is 3. The number of Topliss-reactive ketones (excluding diaryl/α,β-unsaturated/α-hetero) is 1. The zero-order chi connectivity index (χ0) is 17.8. The molecule has 0 bridgehead atoms. The third-order valence-electron chi connectivity index (χ3n) is 2.71. The van der Waals surface area contributed by atoms with E-state index in [0.29, 0.717) is 0 Å². The monoisotopic (exact) mass is 379 g/mol. The second kappa shape index (κ2) is 7.79. The highest BCUT2D eigenvalue weighted by Crippen LogP contribution is 2.24. The molecule has 0 rings (SSSR count). The first kappa shape index (κ1) is 21.4. The van der Waals surface area contributed by atoms with Gasteiger partial charge in [-0.15, -0.1) is 0 Å². The lowest BCUT2D eigenvalue weighted by Crippen LogP contribution is -2.61. The maximum atomic E-state index is 14.5. The van der Waals surface area contributed by atoms with Crippen molar-refractivity contribution in [2.75, 3.05) is 17.3 Å². The van der Waals surface area contributed by atoms with E-state index in [1.165, 1.54) is 5.32 Å². The number of hydrogen-bond acceptors (Lipinski definition) is 7. The van der Waals surface area contributed by atoms with Gasteiger partial charge in [0.15, 0.2) is 5.78 Å². The van der Waals surface area contributed by atoms with Crippen LogP contribution in [0.1, 0.15) is 6.42 Å². The van der Waals surface area contributed by atoms with Crippen LogP contribution in [-0.4, -0.2) is 52.1 Å². The smallest absolute Gasteiger partial charge is 0.276 e. The minimum absolute atomic E-state index is 0.749. The number of carbonyl (C=O) groups excluding carboxylic acids is 3. The minimum atomic E-state index is -3.14. The summed E-state index contributed by atoms with van der Waals surface area (Å²) in [6.07, 6.45) is -1.32. The van der Waals surface area contributed by atoms with E-state index in [2.05, 4.69) is 37.9 Å². The van der Waals surface area contributed by atoms with Crippen molar-refractivity contribution in [3.05, 3.63) is 0 Å². The van der Waals surface area contributed by atoms with Gasteiger partial charge in [0.05, 0.1) is 12.2 Å². The molecule has 0 aromatic rings. The van der Waals surface area contributed by atoms with Gasteiger partial charge < -0.3 is 11.1 Å². The van der Waals surface area contributed by atoms with Crippen LogP contribution in [0, 0.1) is 0 Å². The molecular weight excluding hydrogens is 363 g/mol. The van der Waals surface area contributed by atoms with E-state index in [1.807, 2.05) is 0 Å². The maximum Gasteiger partial charge on any atom is 0.276 e. The van der Waals surface area contributed by atoms with Crippen molar-refractivity contribution in [1.82, 2.24) is 5.32 Å². The van der Waals surface area contributed by atoms with Crippen molar-refractivity contribution < 1.29 is 27.6 Å². The van der Waals surface area contributed by atoms with Gasteiger partial charge in [0.25, 0.3) is 17.6 Å². The van der Waals surface area contributed by atoms with Gasteiger partial charge in [-0.2, -0.15) is 37.9 Å². The molecule has 128 valence electrons. The van der Waals surface area contributed by atoms with Crippen LogP contribution in [0.25, 0.3) is 0 Å². The van der Waals surface area contributed by atoms with Crippen molar-refractivity contribution >= 4 is 55.5 Å². The van der Waals surface area contributed by atoms with Crippen molar-refractivity contribution in [3.8, 4) is 0 Å². The molecule has 0 fully saturated rings. The summed E-state index contributed by atoms with van der Waals surface area (Å²) in [5.41, 5.74) is 6.58. The Morgan fingerprint density at radius 1 is 1.00 bits per heavy atom. The average Bonchev–Trinajstić information content (AvgIpc) is 2.46. The Bertz CT molecular complexity index is 469. The van der Waals surface area contributed by atoms with Gasteiger partial charge in [-0.3, -0.25) is 20.1 Å². The number of rotatable bonds is 9. The van der Waals surface area contributed by atoms with Crippen LogP contribution < -0.4 is 16.8 Å². The summed E-state index contributed by atoms with van der Waals surface area (Å²) < 4.78 is 41.9. The molecule has 0 spiro atoms. The summed E-state index contributed by atoms with van der Waals surface area (Å²) in [6.45, 7) is 0. The Labute approximate surface area is 141 Å². The summed E-state index contributed by atoms with van der Waals surface area (Å²) in [5, 5.41) is 1.39. The Hall–Kier alpha value is -0.590. The topological polar surface area (TPSA) is 115 Å². The second-order valence-corrected chi connectivity index (χ2v) is 5.47. The number of ketones is 1. The molecule has 2 amide bonds. The standard InChI is InChI=1S/C10H16F3N3O3S3/c11-8(2-20,1-5(17)9(12,15)3-21)7(19)16-10(13,4-22)6(14)18/h20-22H,1-4,15H2,(H2,14,18)(H,16,19)/t8-,9+,10+/m1/s1. The minimum Gasteiger partial charge on any atom is -0.365 e. The number of halogens is 3. The fourth-order valence-corrected chi connectivity index (χ4v) is 1.84. The van der Waals surface area contributed by atoms with Gasteiger partial charge in [0.1, 0.15) is 0 Å². The van der Waals surface area contributed by atoms with Gasteiger partial charge in [-0.05, 0) is 0 Å². The molecule has 0 aromatic heterocycles. The fraction of sp³-hybridized carbons (Fsp3) is 0.700. The highest BCUT2D eigenvalue weighted by atomic mass is 32.1. The van der Waals surface area contributed by atoms with Crippen LogP contribution in [0.15, 0.2) is 0 Å². The lowest BCUT2D eigenvalue weighted by Gasteiger charge is -2.28. The highest BCUT2D eigenvalue weighted by Gasteiger charge is 2.48. The zero-order valence-corrected chi connectivity index (χ0v) is 13.9. The third kappa shape index (κ3) is 4.96. The van der Waals surface area contributed by atoms with Gasteiger partial charge >= 0.3 is 0 Å². The van der Waals surface area contributed by atoms with Gasteiger partial charge in [0, 0.05) is 11.5 Å². The molecular formula is C10H16F3N3O3S3. The molecule has 22 heavy (non-hydrogen) atoms. The van der Waals surface area contributed by atoms with E-state index < -0.39 is 58.5 Å². The molecule has 0 heterocycles. The number of amides is 2. The quantitative estimate of drug-likeness (QED) is 0.236. The molecule has 0 aromatic carbocycles. The Morgan fingerprint density at radius 2 is 1.50 bits per heavy atom. The Balaban J connectivity index is 5.27. The van der Waals surface area contributed by atoms with E-state index >= 15 is 0 Å². The van der Waals surface area contributed by atoms with E-state index in [-0.39, 0.29) is 0 Å². The van der Waals surface area contributed by atoms with Gasteiger partial charge in [-0.25, -0.2) is 13.2 Å². The van der Waals surface area contributed by atoms with E-state index in [9.17, 15) is 27.6 Å². The van der Waals surface area contributed by atoms with Crippen LogP contribution in [0.2, 0.25) is 0 Å². The molecule has 5 N–H and O–H groups in total. The third-order valence-corrected chi connectivity index (χ3v) is 4.11. The predicted molar refractivity (Wildman–Crippen MR) is 84.2 cm³/mol. The summed E-state index contributed by atoms with van der Waals surface area (Å²) in [4.78, 5) is 34.2. The lowest BCUT2D eigenvalue weighted by molar-refractivity contribution is -0.146. The molecule has 0 saturated heterocycles. The second-order valence-electron chi connectivity index (χ2n) is 4.52. The molecule has 12 heteroatoms. The molecule has 0 radical (unpaired) electrons. The first-order chi connectivity index (χ1) is 9.88. The molecule has 3 atom stereocenters. The van der Waals surface area contributed by atoms with Gasteiger partial charge in [-0.1, -0.05) is 0 Å². The number of nitrogens with one attached hydrogen (secondary N) is 1. The molecule has 0 aliphatic rings. The molecule has 0 saturated carbocycles. The SMILES string of the molecule is NC(=O)[C@](F)(CS)NC(=O)[C@](F)(CS)CC(=O)[C@](N)(F)CS. The fourth-order valence-electron chi connectivity index (χ4n) is 1.17. The van der Waals surface area contributed by atoms with Crippen molar-refractivity contribution in [2.24, 2.45) is 11.5 Å². The average molecular weight is 379 g/mol. The molecule has 0 aliphatic carbocycles. The first-order valence-electron chi connectivity index (χ1n) is 5.72. The van der Waals surface area contributed by atoms with Crippen molar-refractivity contribution in [2.45, 2.75) is 23.7 Å². The zero-order valence-electron chi connectivity index (χ0n) is 11.2. The maximum absolute atomic E-state index is 14.5. The number of hydrogen-bond donors (Lipinski definition) is 6. The van der Waals surface area contributed by atoms with E-state index in [0.717, 1.165) is 0 Å². The van der Waals surface area contributed by atoms with E-state index in [1.54, 1.807) is 0 Å². The highest BCUT2D eigenvalue weighted by molar-refractivity contribution is 7.80.